The third kappa shape index (κ3) is 3.95. The SMILES string of the molecule is CCc1cc(C(=O)O)c(NC(=O)C(C)NC(N)=O)s1. The molecule has 0 saturated heterocycles. The van der Waals surface area contributed by atoms with Gasteiger partial charge >= 0.3 is 12.0 Å². The van der Waals surface area contributed by atoms with Crippen LogP contribution in [-0.4, -0.2) is 29.1 Å². The number of aryl methyl sites for hydroxylation is 1. The van der Waals surface area contributed by atoms with Crippen molar-refractivity contribution < 1.29 is 19.5 Å². The van der Waals surface area contributed by atoms with Gasteiger partial charge in [0.15, 0.2) is 0 Å². The molecule has 1 aromatic heterocycles. The molecular weight excluding hydrogens is 270 g/mol. The van der Waals surface area contributed by atoms with Gasteiger partial charge in [-0.1, -0.05) is 6.92 Å². The fourth-order valence-electron chi connectivity index (χ4n) is 1.37. The average molecular weight is 285 g/mol. The number of carbonyl (C=O) groups excluding carboxylic acids is 2. The summed E-state index contributed by atoms with van der Waals surface area (Å²) in [7, 11) is 0. The van der Waals surface area contributed by atoms with Crippen molar-refractivity contribution in [3.8, 4) is 0 Å². The predicted octanol–water partition coefficient (Wildman–Crippen LogP) is 1.00. The van der Waals surface area contributed by atoms with Crippen LogP contribution < -0.4 is 16.4 Å². The lowest BCUT2D eigenvalue weighted by atomic mass is 10.2. The Kier molecular flexibility index (Phi) is 4.87. The molecule has 0 aromatic carbocycles. The Hall–Kier alpha value is -2.09. The summed E-state index contributed by atoms with van der Waals surface area (Å²) < 4.78 is 0. The number of nitrogens with one attached hydrogen (secondary N) is 2. The van der Waals surface area contributed by atoms with Crippen molar-refractivity contribution >= 4 is 34.2 Å². The largest absolute Gasteiger partial charge is 0.478 e. The molecule has 0 saturated carbocycles. The van der Waals surface area contributed by atoms with Gasteiger partial charge in [0, 0.05) is 4.88 Å². The second-order valence-electron chi connectivity index (χ2n) is 3.83. The van der Waals surface area contributed by atoms with Crippen LogP contribution in [0.3, 0.4) is 0 Å². The first-order valence-corrected chi connectivity index (χ1v) is 6.39. The van der Waals surface area contributed by atoms with E-state index in [2.05, 4.69) is 10.6 Å². The zero-order valence-electron chi connectivity index (χ0n) is 10.5. The number of thiophene rings is 1. The van der Waals surface area contributed by atoms with Crippen molar-refractivity contribution in [3.05, 3.63) is 16.5 Å². The molecule has 7 nitrogen and oxygen atoms in total. The maximum atomic E-state index is 11.8. The summed E-state index contributed by atoms with van der Waals surface area (Å²) >= 11 is 1.20. The smallest absolute Gasteiger partial charge is 0.338 e. The van der Waals surface area contributed by atoms with E-state index in [1.165, 1.54) is 24.3 Å². The van der Waals surface area contributed by atoms with Crippen LogP contribution in [0, 0.1) is 0 Å². The van der Waals surface area contributed by atoms with Crippen molar-refractivity contribution in [2.75, 3.05) is 5.32 Å². The minimum atomic E-state index is -1.11. The third-order valence-corrected chi connectivity index (χ3v) is 3.55. The Labute approximate surface area is 113 Å². The number of aromatic carboxylic acids is 1. The number of nitrogens with two attached hydrogens (primary N) is 1. The molecule has 1 aromatic rings. The van der Waals surface area contributed by atoms with Crippen molar-refractivity contribution in [2.45, 2.75) is 26.3 Å². The molecule has 0 radical (unpaired) electrons. The van der Waals surface area contributed by atoms with Gasteiger partial charge < -0.3 is 21.5 Å². The summed E-state index contributed by atoms with van der Waals surface area (Å²) in [4.78, 5) is 34.3. The van der Waals surface area contributed by atoms with Crippen LogP contribution in [0.15, 0.2) is 6.07 Å². The monoisotopic (exact) mass is 285 g/mol. The van der Waals surface area contributed by atoms with Gasteiger partial charge in [0.05, 0.1) is 5.56 Å². The highest BCUT2D eigenvalue weighted by atomic mass is 32.1. The third-order valence-electron chi connectivity index (χ3n) is 2.35. The molecule has 104 valence electrons. The second-order valence-corrected chi connectivity index (χ2v) is 4.97. The van der Waals surface area contributed by atoms with Crippen LogP contribution in [0.1, 0.15) is 29.1 Å². The molecule has 0 fully saturated rings. The first-order valence-electron chi connectivity index (χ1n) is 5.58. The molecule has 1 unspecified atom stereocenters. The van der Waals surface area contributed by atoms with Crippen LogP contribution in [0.2, 0.25) is 0 Å². The number of anilines is 1. The topological polar surface area (TPSA) is 122 Å². The molecule has 1 heterocycles. The summed E-state index contributed by atoms with van der Waals surface area (Å²) in [6, 6.07) is -0.137. The number of carboxylic acid groups (broad SMARTS) is 1. The number of hydrogen-bond donors (Lipinski definition) is 4. The van der Waals surface area contributed by atoms with Crippen LogP contribution in [-0.2, 0) is 11.2 Å². The lowest BCUT2D eigenvalue weighted by molar-refractivity contribution is -0.117. The molecule has 0 aliphatic carbocycles. The molecule has 0 spiro atoms. The lowest BCUT2D eigenvalue weighted by Gasteiger charge is -2.11. The Balaban J connectivity index is 2.86. The van der Waals surface area contributed by atoms with Gasteiger partial charge in [-0.25, -0.2) is 9.59 Å². The normalized spacial score (nSPS) is 11.7. The summed E-state index contributed by atoms with van der Waals surface area (Å²) in [5.74, 6) is -1.63. The highest BCUT2D eigenvalue weighted by Gasteiger charge is 2.20. The Morgan fingerprint density at radius 1 is 1.47 bits per heavy atom. The van der Waals surface area contributed by atoms with Gasteiger partial charge in [-0.3, -0.25) is 4.79 Å². The highest BCUT2D eigenvalue weighted by Crippen LogP contribution is 2.28. The maximum Gasteiger partial charge on any atom is 0.338 e. The molecule has 19 heavy (non-hydrogen) atoms. The zero-order valence-corrected chi connectivity index (χ0v) is 11.3. The van der Waals surface area contributed by atoms with E-state index >= 15 is 0 Å². The van der Waals surface area contributed by atoms with E-state index in [1.807, 2.05) is 6.92 Å². The van der Waals surface area contributed by atoms with Gasteiger partial charge in [0.2, 0.25) is 5.91 Å². The fraction of sp³-hybridized carbons (Fsp3) is 0.364. The van der Waals surface area contributed by atoms with Gasteiger partial charge in [0.1, 0.15) is 11.0 Å². The first kappa shape index (κ1) is 15.0. The van der Waals surface area contributed by atoms with Gasteiger partial charge in [-0.2, -0.15) is 0 Å². The number of carbonyl (C=O) groups is 3. The van der Waals surface area contributed by atoms with E-state index in [1.54, 1.807) is 0 Å². The van der Waals surface area contributed by atoms with E-state index in [0.29, 0.717) is 6.42 Å². The number of rotatable bonds is 5. The lowest BCUT2D eigenvalue weighted by Crippen LogP contribution is -2.44. The number of hydrogen-bond acceptors (Lipinski definition) is 4. The Morgan fingerprint density at radius 3 is 2.58 bits per heavy atom. The number of carboxylic acids is 1. The molecule has 5 N–H and O–H groups in total. The quantitative estimate of drug-likeness (QED) is 0.644. The number of primary amides is 1. The number of urea groups is 1. The van der Waals surface area contributed by atoms with E-state index in [-0.39, 0.29) is 10.6 Å². The van der Waals surface area contributed by atoms with Gasteiger partial charge in [-0.05, 0) is 19.4 Å². The average Bonchev–Trinajstić information content (AvgIpc) is 2.71. The van der Waals surface area contributed by atoms with E-state index < -0.39 is 23.9 Å². The first-order chi connectivity index (χ1) is 8.85. The van der Waals surface area contributed by atoms with E-state index in [0.717, 1.165) is 4.88 Å². The number of amides is 3. The van der Waals surface area contributed by atoms with Gasteiger partial charge in [-0.15, -0.1) is 11.3 Å². The molecule has 1 atom stereocenters. The molecule has 3 amide bonds. The van der Waals surface area contributed by atoms with Crippen molar-refractivity contribution in [2.24, 2.45) is 5.73 Å². The van der Waals surface area contributed by atoms with Crippen LogP contribution in [0.25, 0.3) is 0 Å². The summed E-state index contributed by atoms with van der Waals surface area (Å²) in [5, 5.41) is 14.0. The van der Waals surface area contributed by atoms with Crippen molar-refractivity contribution in [3.63, 3.8) is 0 Å². The fourth-order valence-corrected chi connectivity index (χ4v) is 2.36. The van der Waals surface area contributed by atoms with Crippen LogP contribution in [0.5, 0.6) is 0 Å². The summed E-state index contributed by atoms with van der Waals surface area (Å²) in [5.41, 5.74) is 4.95. The molecule has 0 aliphatic rings. The molecule has 1 rings (SSSR count). The minimum absolute atomic E-state index is 0.0430. The maximum absolute atomic E-state index is 11.8. The zero-order chi connectivity index (χ0) is 14.6. The standard InChI is InChI=1S/C11H15N3O4S/c1-3-6-4-7(10(16)17)9(19-6)14-8(15)5(2)13-11(12)18/h4-5H,3H2,1-2H3,(H,14,15)(H,16,17)(H3,12,13,18). The van der Waals surface area contributed by atoms with Crippen molar-refractivity contribution in [1.29, 1.82) is 0 Å². The Morgan fingerprint density at radius 2 is 2.11 bits per heavy atom. The summed E-state index contributed by atoms with van der Waals surface area (Å²) in [6.45, 7) is 3.34. The molecule has 0 bridgehead atoms. The molecular formula is C11H15N3O4S. The van der Waals surface area contributed by atoms with Gasteiger partial charge in [0.25, 0.3) is 0 Å². The van der Waals surface area contributed by atoms with Crippen LogP contribution >= 0.6 is 11.3 Å². The van der Waals surface area contributed by atoms with Crippen LogP contribution in [0.4, 0.5) is 9.80 Å². The predicted molar refractivity (Wildman–Crippen MR) is 71.5 cm³/mol. The summed E-state index contributed by atoms with van der Waals surface area (Å²) in [6.07, 6.45) is 0.676. The molecule has 0 aliphatic heterocycles. The van der Waals surface area contributed by atoms with E-state index in [9.17, 15) is 14.4 Å². The minimum Gasteiger partial charge on any atom is -0.478 e. The second kappa shape index (κ2) is 6.19. The van der Waals surface area contributed by atoms with E-state index in [4.69, 9.17) is 10.8 Å². The Bertz CT molecular complexity index is 512. The molecule has 8 heteroatoms. The van der Waals surface area contributed by atoms with Crippen molar-refractivity contribution in [1.82, 2.24) is 5.32 Å². The highest BCUT2D eigenvalue weighted by molar-refractivity contribution is 7.16.